The average molecular weight is 410 g/mol. The number of rotatable bonds is 7. The Morgan fingerprint density at radius 2 is 1.93 bits per heavy atom. The van der Waals surface area contributed by atoms with Crippen molar-refractivity contribution in [1.82, 2.24) is 20.2 Å². The van der Waals surface area contributed by atoms with Crippen molar-refractivity contribution in [2.45, 2.75) is 25.4 Å². The van der Waals surface area contributed by atoms with Gasteiger partial charge in [0.1, 0.15) is 5.82 Å². The third-order valence-corrected chi connectivity index (χ3v) is 5.21. The zero-order valence-corrected chi connectivity index (χ0v) is 16.9. The maximum absolute atomic E-state index is 14.2. The van der Waals surface area contributed by atoms with E-state index in [1.807, 2.05) is 38.1 Å². The summed E-state index contributed by atoms with van der Waals surface area (Å²) < 4.78 is 15.8. The first-order valence-electron chi connectivity index (χ1n) is 8.92. The van der Waals surface area contributed by atoms with E-state index in [4.69, 9.17) is 5.26 Å². The normalized spacial score (nSPS) is 10.6. The van der Waals surface area contributed by atoms with Crippen LogP contribution in [0.1, 0.15) is 17.5 Å². The quantitative estimate of drug-likeness (QED) is 0.555. The molecule has 1 heterocycles. The summed E-state index contributed by atoms with van der Waals surface area (Å²) in [7, 11) is 0. The summed E-state index contributed by atoms with van der Waals surface area (Å²) >= 11 is 1.17. The van der Waals surface area contributed by atoms with E-state index in [0.29, 0.717) is 5.16 Å². The smallest absolute Gasteiger partial charge is 0.237 e. The number of amides is 1. The molecule has 0 radical (unpaired) electrons. The number of aromatic nitrogens is 4. The number of thioether (sulfide) groups is 1. The Hall–Kier alpha value is -3.25. The number of tetrazole rings is 1. The maximum Gasteiger partial charge on any atom is 0.237 e. The van der Waals surface area contributed by atoms with Gasteiger partial charge in [0.25, 0.3) is 0 Å². The van der Waals surface area contributed by atoms with Gasteiger partial charge in [-0.3, -0.25) is 4.79 Å². The number of nitrogens with zero attached hydrogens (tertiary/aromatic N) is 6. The van der Waals surface area contributed by atoms with Crippen LogP contribution in [0.25, 0.3) is 5.69 Å². The number of carbonyl (C=O) groups is 1. The third-order valence-electron chi connectivity index (χ3n) is 4.31. The van der Waals surface area contributed by atoms with Crippen molar-refractivity contribution in [2.75, 3.05) is 17.2 Å². The van der Waals surface area contributed by atoms with Crippen LogP contribution in [0.15, 0.2) is 47.6 Å². The van der Waals surface area contributed by atoms with E-state index >= 15 is 0 Å². The highest BCUT2D eigenvalue weighted by Gasteiger charge is 2.21. The van der Waals surface area contributed by atoms with Crippen LogP contribution >= 0.6 is 11.8 Å². The zero-order chi connectivity index (χ0) is 20.8. The highest BCUT2D eigenvalue weighted by Crippen LogP contribution is 2.25. The molecule has 0 fully saturated rings. The number of benzene rings is 2. The molecule has 0 atom stereocenters. The molecule has 3 aromatic rings. The molecule has 7 nitrogen and oxygen atoms in total. The summed E-state index contributed by atoms with van der Waals surface area (Å²) in [5.41, 5.74) is 3.03. The van der Waals surface area contributed by atoms with Gasteiger partial charge < -0.3 is 4.90 Å². The summed E-state index contributed by atoms with van der Waals surface area (Å²) in [6.07, 6.45) is 0.102. The maximum atomic E-state index is 14.2. The Bertz CT molecular complexity index is 1040. The van der Waals surface area contributed by atoms with Gasteiger partial charge in [-0.2, -0.15) is 9.94 Å². The highest BCUT2D eigenvalue weighted by atomic mass is 32.2. The molecule has 0 saturated heterocycles. The molecule has 29 heavy (non-hydrogen) atoms. The Balaban J connectivity index is 1.81. The molecule has 1 aromatic heterocycles. The zero-order valence-electron chi connectivity index (χ0n) is 16.0. The van der Waals surface area contributed by atoms with E-state index in [-0.39, 0.29) is 30.3 Å². The lowest BCUT2D eigenvalue weighted by Crippen LogP contribution is -2.34. The number of halogens is 1. The molecule has 0 unspecified atom stereocenters. The van der Waals surface area contributed by atoms with Crippen molar-refractivity contribution in [2.24, 2.45) is 0 Å². The van der Waals surface area contributed by atoms with E-state index in [0.717, 1.165) is 16.8 Å². The Morgan fingerprint density at radius 1 is 1.21 bits per heavy atom. The molecule has 0 N–H and O–H groups in total. The Morgan fingerprint density at radius 3 is 2.62 bits per heavy atom. The minimum absolute atomic E-state index is 0.00502. The molecule has 0 spiro atoms. The molecule has 0 aliphatic carbocycles. The van der Waals surface area contributed by atoms with Crippen molar-refractivity contribution in [3.63, 3.8) is 0 Å². The van der Waals surface area contributed by atoms with Crippen molar-refractivity contribution in [3.8, 4) is 11.8 Å². The highest BCUT2D eigenvalue weighted by molar-refractivity contribution is 7.99. The minimum atomic E-state index is -0.510. The molecule has 0 bridgehead atoms. The van der Waals surface area contributed by atoms with Crippen LogP contribution in [-0.2, 0) is 4.79 Å². The number of aryl methyl sites for hydroxylation is 2. The predicted molar refractivity (Wildman–Crippen MR) is 108 cm³/mol. The topological polar surface area (TPSA) is 87.7 Å². The van der Waals surface area contributed by atoms with Crippen LogP contribution in [0.4, 0.5) is 10.1 Å². The number of hydrogen-bond acceptors (Lipinski definition) is 6. The molecule has 148 valence electrons. The first kappa shape index (κ1) is 20.5. The van der Waals surface area contributed by atoms with E-state index in [9.17, 15) is 9.18 Å². The van der Waals surface area contributed by atoms with Gasteiger partial charge in [-0.05, 0) is 47.5 Å². The van der Waals surface area contributed by atoms with Crippen molar-refractivity contribution in [1.29, 1.82) is 5.26 Å². The fraction of sp³-hybridized carbons (Fsp3) is 0.250. The SMILES string of the molecule is Cc1cccc(C)c1-n1nnnc1SCC(=O)N(CCC#N)c1ccccc1F. The average Bonchev–Trinajstić information content (AvgIpc) is 3.16. The number of anilines is 1. The first-order chi connectivity index (χ1) is 14.0. The molecule has 2 aromatic carbocycles. The van der Waals surface area contributed by atoms with Crippen molar-refractivity contribution in [3.05, 3.63) is 59.4 Å². The molecule has 0 aliphatic heterocycles. The molecule has 0 saturated carbocycles. The van der Waals surface area contributed by atoms with Crippen LogP contribution in [0.3, 0.4) is 0 Å². The van der Waals surface area contributed by atoms with E-state index in [1.54, 1.807) is 16.8 Å². The standard InChI is InChI=1S/C20H19FN6OS/c1-14-7-5-8-15(2)19(14)27-20(23-24-25-27)29-13-18(28)26(12-6-11-22)17-10-4-3-9-16(17)21/h3-5,7-10H,6,12-13H2,1-2H3. The summed E-state index contributed by atoms with van der Waals surface area (Å²) in [4.78, 5) is 14.1. The Kier molecular flexibility index (Phi) is 6.57. The largest absolute Gasteiger partial charge is 0.308 e. The van der Waals surface area contributed by atoms with Gasteiger partial charge in [-0.1, -0.05) is 42.1 Å². The number of hydrogen-bond donors (Lipinski definition) is 0. The second kappa shape index (κ2) is 9.30. The van der Waals surface area contributed by atoms with Crippen LogP contribution in [0.5, 0.6) is 0 Å². The van der Waals surface area contributed by atoms with Crippen LogP contribution in [0.2, 0.25) is 0 Å². The second-order valence-electron chi connectivity index (χ2n) is 6.31. The number of carbonyl (C=O) groups excluding carboxylic acids is 1. The molecule has 0 aliphatic rings. The van der Waals surface area contributed by atoms with Crippen molar-refractivity contribution < 1.29 is 9.18 Å². The van der Waals surface area contributed by atoms with Crippen LogP contribution in [-0.4, -0.2) is 38.4 Å². The summed E-state index contributed by atoms with van der Waals surface area (Å²) in [5, 5.41) is 21.2. The molecular weight excluding hydrogens is 391 g/mol. The second-order valence-corrected chi connectivity index (χ2v) is 7.25. The molecule has 9 heteroatoms. The van der Waals surface area contributed by atoms with Gasteiger partial charge in [-0.25, -0.2) is 4.39 Å². The number of para-hydroxylation sites is 2. The van der Waals surface area contributed by atoms with Gasteiger partial charge in [0, 0.05) is 6.54 Å². The van der Waals surface area contributed by atoms with Crippen LogP contribution < -0.4 is 4.90 Å². The van der Waals surface area contributed by atoms with E-state index < -0.39 is 5.82 Å². The molecule has 3 rings (SSSR count). The summed E-state index contributed by atoms with van der Waals surface area (Å²) in [6.45, 7) is 4.04. The van der Waals surface area contributed by atoms with Gasteiger partial charge in [-0.15, -0.1) is 5.10 Å². The lowest BCUT2D eigenvalue weighted by atomic mass is 10.1. The van der Waals surface area contributed by atoms with E-state index in [2.05, 4.69) is 15.5 Å². The van der Waals surface area contributed by atoms with Crippen LogP contribution in [0, 0.1) is 31.0 Å². The predicted octanol–water partition coefficient (Wildman–Crippen LogP) is 3.46. The van der Waals surface area contributed by atoms with Gasteiger partial charge >= 0.3 is 0 Å². The fourth-order valence-electron chi connectivity index (χ4n) is 2.97. The Labute approximate surface area is 172 Å². The fourth-order valence-corrected chi connectivity index (χ4v) is 3.72. The van der Waals surface area contributed by atoms with Gasteiger partial charge in [0.15, 0.2) is 0 Å². The lowest BCUT2D eigenvalue weighted by molar-refractivity contribution is -0.116. The number of nitriles is 1. The lowest BCUT2D eigenvalue weighted by Gasteiger charge is -2.22. The minimum Gasteiger partial charge on any atom is -0.308 e. The van der Waals surface area contributed by atoms with Gasteiger partial charge in [0.2, 0.25) is 11.1 Å². The molecular formula is C20H19FN6OS. The first-order valence-corrected chi connectivity index (χ1v) is 9.91. The monoisotopic (exact) mass is 410 g/mol. The molecule has 1 amide bonds. The van der Waals surface area contributed by atoms with Crippen molar-refractivity contribution >= 4 is 23.4 Å². The van der Waals surface area contributed by atoms with Gasteiger partial charge in [0.05, 0.1) is 29.6 Å². The third kappa shape index (κ3) is 4.60. The van der Waals surface area contributed by atoms with E-state index in [1.165, 1.54) is 28.8 Å². The summed E-state index contributed by atoms with van der Waals surface area (Å²) in [5.74, 6) is -0.832. The summed E-state index contributed by atoms with van der Waals surface area (Å²) in [6, 6.07) is 13.9.